The van der Waals surface area contributed by atoms with E-state index in [4.69, 9.17) is 23.2 Å². The van der Waals surface area contributed by atoms with E-state index in [1.807, 2.05) is 0 Å². The van der Waals surface area contributed by atoms with Crippen molar-refractivity contribution in [1.82, 2.24) is 10.3 Å². The van der Waals surface area contributed by atoms with Crippen LogP contribution in [0.1, 0.15) is 57.6 Å². The number of H-pyrrole nitrogens is 1. The van der Waals surface area contributed by atoms with E-state index in [0.29, 0.717) is 28.1 Å². The average molecular weight is 371 g/mol. The number of hydrogen-bond acceptors (Lipinski definition) is 2. The molecule has 0 radical (unpaired) electrons. The molecule has 1 atom stereocenters. The molecular weight excluding hydrogens is 354 g/mol. The van der Waals surface area contributed by atoms with Gasteiger partial charge in [-0.1, -0.05) is 23.2 Å². The maximum Gasteiger partial charge on any atom is 0.268 e. The minimum Gasteiger partial charge on any atom is -0.354 e. The predicted molar refractivity (Wildman–Crippen MR) is 92.6 cm³/mol. The Morgan fingerprint density at radius 1 is 1.21 bits per heavy atom. The molecule has 0 aliphatic carbocycles. The predicted octanol–water partition coefficient (Wildman–Crippen LogP) is 4.77. The number of ketones is 1. The van der Waals surface area contributed by atoms with Crippen LogP contribution in [0.2, 0.25) is 10.0 Å². The summed E-state index contributed by atoms with van der Waals surface area (Å²) in [5.41, 5.74) is 2.43. The maximum atomic E-state index is 13.6. The summed E-state index contributed by atoms with van der Waals surface area (Å²) in [4.78, 5) is 27.1. The minimum atomic E-state index is -0.608. The Labute approximate surface area is 149 Å². The van der Waals surface area contributed by atoms with E-state index in [0.717, 1.165) is 0 Å². The van der Waals surface area contributed by atoms with Crippen LogP contribution in [0.3, 0.4) is 0 Å². The second kappa shape index (κ2) is 6.95. The Morgan fingerprint density at radius 2 is 1.83 bits per heavy atom. The Kier molecular flexibility index (Phi) is 5.35. The zero-order chi connectivity index (χ0) is 18.2. The largest absolute Gasteiger partial charge is 0.354 e. The van der Waals surface area contributed by atoms with Gasteiger partial charge in [-0.25, -0.2) is 4.39 Å². The number of aromatic nitrogens is 1. The van der Waals surface area contributed by atoms with Gasteiger partial charge in [0, 0.05) is 16.3 Å². The molecule has 1 heterocycles. The molecule has 2 aromatic rings. The Morgan fingerprint density at radius 3 is 2.38 bits per heavy atom. The number of hydrogen-bond donors (Lipinski definition) is 2. The molecular formula is C17H17Cl2FN2O2. The first-order chi connectivity index (χ1) is 11.1. The van der Waals surface area contributed by atoms with Crippen LogP contribution in [0.4, 0.5) is 4.39 Å². The minimum absolute atomic E-state index is 0.0794. The first-order valence-electron chi connectivity index (χ1n) is 7.28. The number of amides is 1. The van der Waals surface area contributed by atoms with E-state index < -0.39 is 17.8 Å². The van der Waals surface area contributed by atoms with Crippen molar-refractivity contribution < 1.29 is 14.0 Å². The van der Waals surface area contributed by atoms with Crippen molar-refractivity contribution in [2.45, 2.75) is 33.7 Å². The molecule has 0 aliphatic heterocycles. The molecule has 128 valence electrons. The first kappa shape index (κ1) is 18.5. The fourth-order valence-corrected chi connectivity index (χ4v) is 3.27. The third-order valence-electron chi connectivity index (χ3n) is 3.87. The normalized spacial score (nSPS) is 12.1. The number of halogens is 3. The molecule has 1 aromatic carbocycles. The summed E-state index contributed by atoms with van der Waals surface area (Å²) < 4.78 is 13.6. The van der Waals surface area contributed by atoms with E-state index in [1.54, 1.807) is 20.8 Å². The van der Waals surface area contributed by atoms with Crippen molar-refractivity contribution in [3.8, 4) is 0 Å². The molecule has 1 amide bonds. The van der Waals surface area contributed by atoms with Crippen molar-refractivity contribution in [1.29, 1.82) is 0 Å². The highest BCUT2D eigenvalue weighted by molar-refractivity contribution is 6.35. The van der Waals surface area contributed by atoms with Gasteiger partial charge >= 0.3 is 0 Å². The van der Waals surface area contributed by atoms with Crippen LogP contribution >= 0.6 is 23.2 Å². The van der Waals surface area contributed by atoms with Gasteiger partial charge in [0.2, 0.25) is 0 Å². The van der Waals surface area contributed by atoms with Gasteiger partial charge in [0.05, 0.1) is 11.1 Å². The highest BCUT2D eigenvalue weighted by Gasteiger charge is 2.22. The smallest absolute Gasteiger partial charge is 0.268 e. The second-order valence-corrected chi connectivity index (χ2v) is 6.48. The summed E-state index contributed by atoms with van der Waals surface area (Å²) in [6, 6.07) is 1.96. The summed E-state index contributed by atoms with van der Waals surface area (Å²) in [5.74, 6) is -1.12. The monoisotopic (exact) mass is 370 g/mol. The van der Waals surface area contributed by atoms with Crippen LogP contribution in [0.15, 0.2) is 12.1 Å². The van der Waals surface area contributed by atoms with Gasteiger partial charge in [-0.15, -0.1) is 0 Å². The fraction of sp³-hybridized carbons (Fsp3) is 0.294. The molecule has 2 rings (SSSR count). The van der Waals surface area contributed by atoms with Crippen molar-refractivity contribution in [3.63, 3.8) is 0 Å². The maximum absolute atomic E-state index is 13.6. The number of aryl methyl sites for hydroxylation is 1. The Bertz CT molecular complexity index is 830. The van der Waals surface area contributed by atoms with Gasteiger partial charge < -0.3 is 10.3 Å². The summed E-state index contributed by atoms with van der Waals surface area (Å²) in [5, 5.41) is 2.93. The molecule has 1 aromatic heterocycles. The fourth-order valence-electron chi connectivity index (χ4n) is 2.72. The zero-order valence-electron chi connectivity index (χ0n) is 13.7. The lowest BCUT2D eigenvalue weighted by molar-refractivity contribution is 0.0934. The molecule has 0 fully saturated rings. The van der Waals surface area contributed by atoms with E-state index in [2.05, 4.69) is 10.3 Å². The first-order valence-corrected chi connectivity index (χ1v) is 8.04. The van der Waals surface area contributed by atoms with Crippen LogP contribution in [0.5, 0.6) is 0 Å². The standard InChI is InChI=1S/C17H17Cl2FN2O2/c1-7-15(10(4)23)9(3)21-16(7)17(24)22-8(2)11-5-14(20)13(19)6-12(11)18/h5-6,8,21H,1-4H3,(H,22,24). The molecule has 1 unspecified atom stereocenters. The van der Waals surface area contributed by atoms with Gasteiger partial charge in [0.15, 0.2) is 5.78 Å². The molecule has 0 aliphatic rings. The van der Waals surface area contributed by atoms with Crippen LogP contribution in [-0.4, -0.2) is 16.7 Å². The number of carbonyl (C=O) groups is 2. The highest BCUT2D eigenvalue weighted by atomic mass is 35.5. The zero-order valence-corrected chi connectivity index (χ0v) is 15.2. The number of aromatic amines is 1. The third kappa shape index (κ3) is 3.47. The molecule has 4 nitrogen and oxygen atoms in total. The lowest BCUT2D eigenvalue weighted by Gasteiger charge is -2.16. The number of rotatable bonds is 4. The summed E-state index contributed by atoms with van der Waals surface area (Å²) in [7, 11) is 0. The van der Waals surface area contributed by atoms with Crippen molar-refractivity contribution in [3.05, 3.63) is 56.1 Å². The van der Waals surface area contributed by atoms with Gasteiger partial charge in [-0.2, -0.15) is 0 Å². The van der Waals surface area contributed by atoms with Crippen molar-refractivity contribution in [2.75, 3.05) is 0 Å². The van der Waals surface area contributed by atoms with E-state index in [9.17, 15) is 14.0 Å². The van der Waals surface area contributed by atoms with Crippen LogP contribution in [0.25, 0.3) is 0 Å². The van der Waals surface area contributed by atoms with E-state index >= 15 is 0 Å². The molecule has 0 saturated heterocycles. The van der Waals surface area contributed by atoms with Crippen LogP contribution in [-0.2, 0) is 0 Å². The summed E-state index contributed by atoms with van der Waals surface area (Å²) >= 11 is 11.8. The van der Waals surface area contributed by atoms with E-state index in [1.165, 1.54) is 19.1 Å². The van der Waals surface area contributed by atoms with Gasteiger partial charge in [0.1, 0.15) is 11.5 Å². The second-order valence-electron chi connectivity index (χ2n) is 5.66. The molecule has 0 spiro atoms. The molecule has 2 N–H and O–H groups in total. The Balaban J connectivity index is 2.29. The van der Waals surface area contributed by atoms with Gasteiger partial charge in [-0.05, 0) is 51.0 Å². The molecule has 7 heteroatoms. The SMILES string of the molecule is CC(=O)c1c(C)[nH]c(C(=O)NC(C)c2cc(F)c(Cl)cc2Cl)c1C. The summed E-state index contributed by atoms with van der Waals surface area (Å²) in [6.45, 7) is 6.57. The van der Waals surface area contributed by atoms with Crippen LogP contribution in [0, 0.1) is 19.7 Å². The number of carbonyl (C=O) groups excluding carboxylic acids is 2. The van der Waals surface area contributed by atoms with Gasteiger partial charge in [-0.3, -0.25) is 9.59 Å². The van der Waals surface area contributed by atoms with Crippen molar-refractivity contribution in [2.24, 2.45) is 0 Å². The van der Waals surface area contributed by atoms with Crippen molar-refractivity contribution >= 4 is 34.9 Å². The number of Topliss-reactive ketones (excluding diaryl/α,β-unsaturated/α-hetero) is 1. The Hall–Kier alpha value is -1.85. The van der Waals surface area contributed by atoms with E-state index in [-0.39, 0.29) is 15.8 Å². The molecule has 24 heavy (non-hydrogen) atoms. The third-order valence-corrected chi connectivity index (χ3v) is 4.49. The quantitative estimate of drug-likeness (QED) is 0.601. The highest BCUT2D eigenvalue weighted by Crippen LogP contribution is 2.29. The lowest BCUT2D eigenvalue weighted by Crippen LogP contribution is -2.28. The van der Waals surface area contributed by atoms with Crippen LogP contribution < -0.4 is 5.32 Å². The molecule has 0 bridgehead atoms. The lowest BCUT2D eigenvalue weighted by atomic mass is 10.1. The summed E-state index contributed by atoms with van der Waals surface area (Å²) in [6.07, 6.45) is 0. The average Bonchev–Trinajstić information content (AvgIpc) is 2.77. The van der Waals surface area contributed by atoms with Gasteiger partial charge in [0.25, 0.3) is 5.91 Å². The molecule has 0 saturated carbocycles. The topological polar surface area (TPSA) is 62.0 Å². The number of nitrogens with one attached hydrogen (secondary N) is 2. The number of benzene rings is 1.